The predicted molar refractivity (Wildman–Crippen MR) is 71.3 cm³/mol. The molecule has 0 aliphatic carbocycles. The van der Waals surface area contributed by atoms with Crippen LogP contribution in [0.4, 0.5) is 0 Å². The van der Waals surface area contributed by atoms with Crippen molar-refractivity contribution in [2.75, 3.05) is 26.2 Å². The van der Waals surface area contributed by atoms with Gasteiger partial charge in [-0.15, -0.1) is 0 Å². The van der Waals surface area contributed by atoms with Crippen LogP contribution in [0.3, 0.4) is 0 Å². The van der Waals surface area contributed by atoms with Crippen LogP contribution in [0.5, 0.6) is 0 Å². The van der Waals surface area contributed by atoms with Crippen LogP contribution in [0.25, 0.3) is 0 Å². The van der Waals surface area contributed by atoms with Crippen LogP contribution in [0.15, 0.2) is 0 Å². The Morgan fingerprint density at radius 2 is 2.12 bits per heavy atom. The fourth-order valence-electron chi connectivity index (χ4n) is 3.43. The maximum absolute atomic E-state index is 6.08. The molecular formula is C14H28N2O. The molecule has 2 saturated heterocycles. The Labute approximate surface area is 106 Å². The molecule has 2 heterocycles. The fourth-order valence-corrected chi connectivity index (χ4v) is 3.43. The van der Waals surface area contributed by atoms with Crippen LogP contribution in [-0.2, 0) is 4.74 Å². The molecule has 0 bridgehead atoms. The lowest BCUT2D eigenvalue weighted by molar-refractivity contribution is -0.115. The maximum Gasteiger partial charge on any atom is 0.0692 e. The molecular weight excluding hydrogens is 212 g/mol. The van der Waals surface area contributed by atoms with Crippen molar-refractivity contribution in [1.29, 1.82) is 0 Å². The van der Waals surface area contributed by atoms with E-state index in [2.05, 4.69) is 31.0 Å². The molecule has 17 heavy (non-hydrogen) atoms. The van der Waals surface area contributed by atoms with Gasteiger partial charge in [-0.05, 0) is 32.6 Å². The van der Waals surface area contributed by atoms with Crippen LogP contribution in [0.2, 0.25) is 0 Å². The largest absolute Gasteiger partial charge is 0.375 e. The number of hydrogen-bond donors (Lipinski definition) is 1. The second kappa shape index (κ2) is 5.68. The Morgan fingerprint density at radius 3 is 2.76 bits per heavy atom. The molecule has 2 aliphatic rings. The average molecular weight is 240 g/mol. The first-order valence-corrected chi connectivity index (χ1v) is 7.31. The molecule has 0 aromatic rings. The first-order valence-electron chi connectivity index (χ1n) is 7.31. The van der Waals surface area contributed by atoms with Crippen LogP contribution < -0.4 is 5.32 Å². The van der Waals surface area contributed by atoms with Crippen LogP contribution >= 0.6 is 0 Å². The van der Waals surface area contributed by atoms with E-state index in [1.165, 1.54) is 19.4 Å². The summed E-state index contributed by atoms with van der Waals surface area (Å²) in [6.45, 7) is 11.3. The summed E-state index contributed by atoms with van der Waals surface area (Å²) in [5.74, 6) is 0. The molecule has 0 spiro atoms. The number of nitrogens with one attached hydrogen (secondary N) is 1. The van der Waals surface area contributed by atoms with E-state index in [0.29, 0.717) is 6.04 Å². The van der Waals surface area contributed by atoms with Crippen molar-refractivity contribution in [1.82, 2.24) is 10.2 Å². The number of rotatable bonds is 3. The topological polar surface area (TPSA) is 24.5 Å². The molecule has 0 aromatic carbocycles. The molecule has 0 saturated carbocycles. The highest BCUT2D eigenvalue weighted by Gasteiger charge is 2.38. The Hall–Kier alpha value is -0.120. The van der Waals surface area contributed by atoms with E-state index in [0.717, 1.165) is 38.6 Å². The molecule has 3 nitrogen and oxygen atoms in total. The lowest BCUT2D eigenvalue weighted by Gasteiger charge is -2.47. The zero-order valence-electron chi connectivity index (χ0n) is 11.7. The molecule has 2 unspecified atom stereocenters. The van der Waals surface area contributed by atoms with Gasteiger partial charge in [0.1, 0.15) is 0 Å². The van der Waals surface area contributed by atoms with E-state index < -0.39 is 0 Å². The van der Waals surface area contributed by atoms with Crippen molar-refractivity contribution < 1.29 is 4.74 Å². The molecule has 100 valence electrons. The van der Waals surface area contributed by atoms with Gasteiger partial charge in [0.25, 0.3) is 0 Å². The zero-order valence-corrected chi connectivity index (χ0v) is 11.7. The van der Waals surface area contributed by atoms with Crippen molar-refractivity contribution in [3.63, 3.8) is 0 Å². The smallest absolute Gasteiger partial charge is 0.0692 e. The van der Waals surface area contributed by atoms with Crippen molar-refractivity contribution in [3.05, 3.63) is 0 Å². The third-order valence-electron chi connectivity index (χ3n) is 4.78. The summed E-state index contributed by atoms with van der Waals surface area (Å²) in [4.78, 5) is 2.71. The van der Waals surface area contributed by atoms with E-state index >= 15 is 0 Å². The summed E-state index contributed by atoms with van der Waals surface area (Å²) < 4.78 is 6.08. The molecule has 2 rings (SSSR count). The SMILES string of the molecule is CCC1(CC)CC(N2CCNCC2C)CCO1. The van der Waals surface area contributed by atoms with E-state index in [-0.39, 0.29) is 5.60 Å². The standard InChI is InChI=1S/C14H28N2O/c1-4-14(5-2)10-13(6-9-17-14)16-8-7-15-11-12(16)3/h12-13,15H,4-11H2,1-3H3. The van der Waals surface area contributed by atoms with Gasteiger partial charge in [-0.1, -0.05) is 13.8 Å². The van der Waals surface area contributed by atoms with Crippen LogP contribution in [-0.4, -0.2) is 48.8 Å². The Morgan fingerprint density at radius 1 is 1.35 bits per heavy atom. The molecule has 1 N–H and O–H groups in total. The first-order chi connectivity index (χ1) is 8.21. The summed E-state index contributed by atoms with van der Waals surface area (Å²) in [6, 6.07) is 1.42. The Balaban J connectivity index is 2.00. The normalized spacial score (nSPS) is 34.8. The molecule has 2 aliphatic heterocycles. The van der Waals surface area contributed by atoms with Crippen molar-refractivity contribution in [3.8, 4) is 0 Å². The second-order valence-corrected chi connectivity index (χ2v) is 5.68. The van der Waals surface area contributed by atoms with E-state index in [4.69, 9.17) is 4.74 Å². The lowest BCUT2D eigenvalue weighted by atomic mass is 9.84. The second-order valence-electron chi connectivity index (χ2n) is 5.68. The van der Waals surface area contributed by atoms with Gasteiger partial charge >= 0.3 is 0 Å². The molecule has 2 atom stereocenters. The van der Waals surface area contributed by atoms with Gasteiger partial charge in [0, 0.05) is 38.3 Å². The highest BCUT2D eigenvalue weighted by Crippen LogP contribution is 2.34. The summed E-state index contributed by atoms with van der Waals surface area (Å²) >= 11 is 0. The number of piperazine rings is 1. The van der Waals surface area contributed by atoms with E-state index in [1.807, 2.05) is 0 Å². The minimum atomic E-state index is 0.160. The monoisotopic (exact) mass is 240 g/mol. The van der Waals surface area contributed by atoms with Gasteiger partial charge in [-0.25, -0.2) is 0 Å². The molecule has 2 fully saturated rings. The van der Waals surface area contributed by atoms with Crippen LogP contribution in [0.1, 0.15) is 46.5 Å². The zero-order chi connectivity index (χ0) is 12.3. The summed E-state index contributed by atoms with van der Waals surface area (Å²) in [5.41, 5.74) is 0.160. The van der Waals surface area contributed by atoms with Crippen LogP contribution in [0, 0.1) is 0 Å². The maximum atomic E-state index is 6.08. The molecule has 3 heteroatoms. The van der Waals surface area contributed by atoms with Gasteiger partial charge in [0.15, 0.2) is 0 Å². The Kier molecular flexibility index (Phi) is 4.45. The third-order valence-corrected chi connectivity index (χ3v) is 4.78. The lowest BCUT2D eigenvalue weighted by Crippen LogP contribution is -2.57. The molecule has 0 amide bonds. The van der Waals surface area contributed by atoms with E-state index in [9.17, 15) is 0 Å². The quantitative estimate of drug-likeness (QED) is 0.817. The van der Waals surface area contributed by atoms with Crippen molar-refractivity contribution >= 4 is 0 Å². The summed E-state index contributed by atoms with van der Waals surface area (Å²) in [6.07, 6.45) is 4.75. The summed E-state index contributed by atoms with van der Waals surface area (Å²) in [7, 11) is 0. The van der Waals surface area contributed by atoms with Gasteiger partial charge < -0.3 is 10.1 Å². The van der Waals surface area contributed by atoms with E-state index in [1.54, 1.807) is 0 Å². The van der Waals surface area contributed by atoms with Gasteiger partial charge in [0.05, 0.1) is 5.60 Å². The van der Waals surface area contributed by atoms with Crippen molar-refractivity contribution in [2.24, 2.45) is 0 Å². The van der Waals surface area contributed by atoms with Gasteiger partial charge in [-0.3, -0.25) is 4.90 Å². The first kappa shape index (κ1) is 13.3. The minimum Gasteiger partial charge on any atom is -0.375 e. The van der Waals surface area contributed by atoms with Gasteiger partial charge in [0.2, 0.25) is 0 Å². The fraction of sp³-hybridized carbons (Fsp3) is 1.00. The molecule has 0 aromatic heterocycles. The minimum absolute atomic E-state index is 0.160. The number of nitrogens with zero attached hydrogens (tertiary/aromatic N) is 1. The highest BCUT2D eigenvalue weighted by atomic mass is 16.5. The third kappa shape index (κ3) is 2.83. The number of ether oxygens (including phenoxy) is 1. The Bertz CT molecular complexity index is 240. The number of hydrogen-bond acceptors (Lipinski definition) is 3. The van der Waals surface area contributed by atoms with Gasteiger partial charge in [-0.2, -0.15) is 0 Å². The predicted octanol–water partition coefficient (Wildman–Crippen LogP) is 2.02. The molecule has 0 radical (unpaired) electrons. The summed E-state index contributed by atoms with van der Waals surface area (Å²) in [5, 5.41) is 3.48. The average Bonchev–Trinajstić information content (AvgIpc) is 2.39. The highest BCUT2D eigenvalue weighted by molar-refractivity contribution is 4.92. The van der Waals surface area contributed by atoms with Crippen molar-refractivity contribution in [2.45, 2.75) is 64.1 Å².